The van der Waals surface area contributed by atoms with Crippen LogP contribution < -0.4 is 10.6 Å². The van der Waals surface area contributed by atoms with E-state index in [1.165, 1.54) is 29.5 Å². The third-order valence-corrected chi connectivity index (χ3v) is 5.83. The maximum absolute atomic E-state index is 12.5. The first-order valence-corrected chi connectivity index (χ1v) is 10.8. The van der Waals surface area contributed by atoms with Crippen molar-refractivity contribution >= 4 is 50.9 Å². The molecule has 2 heterocycles. The molecule has 1 amide bonds. The zero-order valence-corrected chi connectivity index (χ0v) is 18.7. The number of hydrogen-bond acceptors (Lipinski definition) is 8. The molecule has 0 unspecified atom stereocenters. The van der Waals surface area contributed by atoms with Gasteiger partial charge in [-0.15, -0.1) is 10.2 Å². The highest BCUT2D eigenvalue weighted by Gasteiger charge is 2.20. The van der Waals surface area contributed by atoms with Gasteiger partial charge in [-0.25, -0.2) is 0 Å². The maximum Gasteiger partial charge on any atom is 0.282 e. The van der Waals surface area contributed by atoms with Gasteiger partial charge in [0, 0.05) is 23.7 Å². The van der Waals surface area contributed by atoms with Crippen LogP contribution >= 0.6 is 23.6 Å². The number of fused-ring (bicyclic) bond motifs is 1. The van der Waals surface area contributed by atoms with E-state index in [4.69, 9.17) is 12.2 Å². The van der Waals surface area contributed by atoms with Crippen molar-refractivity contribution in [1.82, 2.24) is 25.1 Å². The first-order valence-electron chi connectivity index (χ1n) is 9.55. The van der Waals surface area contributed by atoms with Crippen molar-refractivity contribution in [2.24, 2.45) is 0 Å². The number of anilines is 1. The Kier molecular flexibility index (Phi) is 5.88. The van der Waals surface area contributed by atoms with E-state index in [1.807, 2.05) is 32.0 Å². The van der Waals surface area contributed by atoms with E-state index in [0.717, 1.165) is 28.4 Å². The minimum atomic E-state index is -0.663. The second-order valence-electron chi connectivity index (χ2n) is 6.78. The molecule has 2 aromatic carbocycles. The van der Waals surface area contributed by atoms with E-state index in [1.54, 1.807) is 10.6 Å². The van der Waals surface area contributed by atoms with Crippen molar-refractivity contribution in [1.29, 1.82) is 0 Å². The van der Waals surface area contributed by atoms with Gasteiger partial charge in [0.05, 0.1) is 4.92 Å². The number of nitro benzene ring substituents is 1. The highest BCUT2D eigenvalue weighted by molar-refractivity contribution is 7.80. The lowest BCUT2D eigenvalue weighted by Crippen LogP contribution is -2.34. The second kappa shape index (κ2) is 8.77. The summed E-state index contributed by atoms with van der Waals surface area (Å²) < 4.78 is 1.73. The van der Waals surface area contributed by atoms with E-state index in [9.17, 15) is 14.9 Å². The number of rotatable bonds is 5. The predicted molar refractivity (Wildman–Crippen MR) is 125 cm³/mol. The third-order valence-electron chi connectivity index (χ3n) is 4.68. The number of benzene rings is 2. The SMILES string of the molecule is CCc1nnc2sc(-c3ccc(C)c(NC(=S)NC(=O)c4ccccc4[N+](=O)[O-])c3)nn12. The lowest BCUT2D eigenvalue weighted by atomic mass is 10.1. The molecule has 4 rings (SSSR count). The van der Waals surface area contributed by atoms with Crippen LogP contribution in [-0.4, -0.2) is 35.8 Å². The quantitative estimate of drug-likeness (QED) is 0.258. The summed E-state index contributed by atoms with van der Waals surface area (Å²) in [5.41, 5.74) is 2.06. The maximum atomic E-state index is 12.5. The van der Waals surface area contributed by atoms with Gasteiger partial charge in [0.25, 0.3) is 11.6 Å². The third kappa shape index (κ3) is 4.18. The summed E-state index contributed by atoms with van der Waals surface area (Å²) in [6, 6.07) is 11.4. The fourth-order valence-electron chi connectivity index (χ4n) is 3.03. The number of para-hydroxylation sites is 1. The molecular formula is C20H17N7O3S2. The molecule has 0 atom stereocenters. The molecule has 0 aliphatic carbocycles. The number of hydrogen-bond donors (Lipinski definition) is 2. The van der Waals surface area contributed by atoms with Crippen molar-refractivity contribution < 1.29 is 9.72 Å². The first-order chi connectivity index (χ1) is 15.4. The minimum absolute atomic E-state index is 0.0276. The van der Waals surface area contributed by atoms with Crippen LogP contribution in [0.3, 0.4) is 0 Å². The molecule has 12 heteroatoms. The fraction of sp³-hybridized carbons (Fsp3) is 0.150. The average Bonchev–Trinajstić information content (AvgIpc) is 3.36. The molecular weight excluding hydrogens is 450 g/mol. The van der Waals surface area contributed by atoms with E-state index >= 15 is 0 Å². The highest BCUT2D eigenvalue weighted by Crippen LogP contribution is 2.29. The van der Waals surface area contributed by atoms with Crippen LogP contribution in [0.1, 0.15) is 28.7 Å². The van der Waals surface area contributed by atoms with Crippen LogP contribution in [0.25, 0.3) is 15.5 Å². The Bertz CT molecular complexity index is 1360. The first kappa shape index (κ1) is 21.5. The summed E-state index contributed by atoms with van der Waals surface area (Å²) in [7, 11) is 0. The summed E-state index contributed by atoms with van der Waals surface area (Å²) in [6.45, 7) is 3.88. The fourth-order valence-corrected chi connectivity index (χ4v) is 4.09. The number of carbonyl (C=O) groups excluding carboxylic acids is 1. The van der Waals surface area contributed by atoms with Crippen molar-refractivity contribution in [3.63, 3.8) is 0 Å². The van der Waals surface area contributed by atoms with Crippen LogP contribution in [0.2, 0.25) is 0 Å². The summed E-state index contributed by atoms with van der Waals surface area (Å²) in [5, 5.41) is 30.3. The second-order valence-corrected chi connectivity index (χ2v) is 8.15. The van der Waals surface area contributed by atoms with Crippen molar-refractivity contribution in [3.8, 4) is 10.6 Å². The molecule has 0 saturated carbocycles. The van der Waals surface area contributed by atoms with Gasteiger partial charge in [-0.3, -0.25) is 20.2 Å². The van der Waals surface area contributed by atoms with Crippen LogP contribution in [0.4, 0.5) is 11.4 Å². The Balaban J connectivity index is 1.54. The normalized spacial score (nSPS) is 10.8. The zero-order chi connectivity index (χ0) is 22.8. The number of nitrogens with one attached hydrogen (secondary N) is 2. The zero-order valence-electron chi connectivity index (χ0n) is 17.0. The van der Waals surface area contributed by atoms with E-state index < -0.39 is 10.8 Å². The van der Waals surface area contributed by atoms with Crippen LogP contribution in [-0.2, 0) is 6.42 Å². The van der Waals surface area contributed by atoms with Gasteiger partial charge in [-0.1, -0.05) is 42.5 Å². The molecule has 0 aliphatic heterocycles. The molecule has 10 nitrogen and oxygen atoms in total. The van der Waals surface area contributed by atoms with Gasteiger partial charge in [0.15, 0.2) is 10.9 Å². The number of nitro groups is 1. The molecule has 32 heavy (non-hydrogen) atoms. The number of aromatic nitrogens is 4. The number of thiocarbonyl (C=S) groups is 1. The Morgan fingerprint density at radius 1 is 1.25 bits per heavy atom. The van der Waals surface area contributed by atoms with E-state index in [-0.39, 0.29) is 16.4 Å². The molecule has 4 aromatic rings. The number of amides is 1. The molecule has 0 saturated heterocycles. The minimum Gasteiger partial charge on any atom is -0.332 e. The molecule has 0 fully saturated rings. The molecule has 0 aliphatic rings. The molecule has 0 spiro atoms. The number of carbonyl (C=O) groups is 1. The smallest absolute Gasteiger partial charge is 0.282 e. The van der Waals surface area contributed by atoms with Crippen molar-refractivity contribution in [3.05, 3.63) is 69.5 Å². The standard InChI is InChI=1S/C20H17N7O3S2/c1-3-16-23-24-20-26(16)25-18(32-20)12-9-8-11(2)14(10-12)21-19(31)22-17(28)13-6-4-5-7-15(13)27(29)30/h4-10H,3H2,1-2H3,(H2,21,22,28,31). The number of aryl methyl sites for hydroxylation is 2. The number of nitrogens with zero attached hydrogens (tertiary/aromatic N) is 5. The average molecular weight is 468 g/mol. The van der Waals surface area contributed by atoms with E-state index in [0.29, 0.717) is 10.6 Å². The van der Waals surface area contributed by atoms with Gasteiger partial charge in [-0.2, -0.15) is 9.61 Å². The molecule has 2 aromatic heterocycles. The lowest BCUT2D eigenvalue weighted by molar-refractivity contribution is -0.385. The Labute approximate surface area is 191 Å². The summed E-state index contributed by atoms with van der Waals surface area (Å²) >= 11 is 6.68. The summed E-state index contributed by atoms with van der Waals surface area (Å²) in [6.07, 6.45) is 0.721. The van der Waals surface area contributed by atoms with Crippen molar-refractivity contribution in [2.45, 2.75) is 20.3 Å². The Morgan fingerprint density at radius 2 is 2.03 bits per heavy atom. The molecule has 162 valence electrons. The Hall–Kier alpha value is -3.77. The van der Waals surface area contributed by atoms with Crippen LogP contribution in [0.15, 0.2) is 42.5 Å². The Morgan fingerprint density at radius 3 is 2.78 bits per heavy atom. The van der Waals surface area contributed by atoms with Crippen molar-refractivity contribution in [2.75, 3.05) is 5.32 Å². The van der Waals surface area contributed by atoms with Gasteiger partial charge in [-0.05, 0) is 36.8 Å². The largest absolute Gasteiger partial charge is 0.332 e. The van der Waals surface area contributed by atoms with Gasteiger partial charge in [0.2, 0.25) is 4.96 Å². The predicted octanol–water partition coefficient (Wildman–Crippen LogP) is 3.76. The van der Waals surface area contributed by atoms with Gasteiger partial charge < -0.3 is 5.32 Å². The molecule has 0 bridgehead atoms. The highest BCUT2D eigenvalue weighted by atomic mass is 32.1. The van der Waals surface area contributed by atoms with E-state index in [2.05, 4.69) is 25.9 Å². The molecule has 0 radical (unpaired) electrons. The summed E-state index contributed by atoms with van der Waals surface area (Å²) in [5.74, 6) is 0.121. The lowest BCUT2D eigenvalue weighted by Gasteiger charge is -2.13. The van der Waals surface area contributed by atoms with Gasteiger partial charge in [0.1, 0.15) is 10.6 Å². The summed E-state index contributed by atoms with van der Waals surface area (Å²) in [4.78, 5) is 23.8. The topological polar surface area (TPSA) is 127 Å². The monoisotopic (exact) mass is 467 g/mol. The van der Waals surface area contributed by atoms with Gasteiger partial charge >= 0.3 is 0 Å². The molecule has 2 N–H and O–H groups in total. The van der Waals surface area contributed by atoms with Crippen LogP contribution in [0, 0.1) is 17.0 Å². The van der Waals surface area contributed by atoms with Crippen LogP contribution in [0.5, 0.6) is 0 Å².